The average molecular weight is 374 g/mol. The van der Waals surface area contributed by atoms with Gasteiger partial charge in [0.15, 0.2) is 0 Å². The quantitative estimate of drug-likeness (QED) is 0.712. The van der Waals surface area contributed by atoms with Crippen molar-refractivity contribution >= 4 is 45.3 Å². The van der Waals surface area contributed by atoms with Gasteiger partial charge in [-0.3, -0.25) is 4.79 Å². The van der Waals surface area contributed by atoms with Gasteiger partial charge in [-0.15, -0.1) is 0 Å². The van der Waals surface area contributed by atoms with Gasteiger partial charge in [0.25, 0.3) is 0 Å². The fraction of sp³-hybridized carbons (Fsp3) is 0.0588. The van der Waals surface area contributed by atoms with Gasteiger partial charge in [-0.25, -0.2) is 4.79 Å². The van der Waals surface area contributed by atoms with Gasteiger partial charge in [0.1, 0.15) is 0 Å². The Kier molecular flexibility index (Phi) is 5.94. The normalized spacial score (nSPS) is 10.3. The van der Waals surface area contributed by atoms with E-state index in [9.17, 15) is 9.59 Å². The first-order valence-corrected chi connectivity index (χ1v) is 7.70. The van der Waals surface area contributed by atoms with Gasteiger partial charge in [0, 0.05) is 29.0 Å². The number of carbonyl (C=O) groups is 2. The Morgan fingerprint density at radius 2 is 1.57 bits per heavy atom. The molecule has 2 aromatic rings. The zero-order chi connectivity index (χ0) is 16.7. The number of rotatable bonds is 4. The highest BCUT2D eigenvalue weighted by atomic mass is 79.9. The molecule has 3 N–H and O–H groups in total. The number of halogens is 1. The molecule has 0 aromatic heterocycles. The summed E-state index contributed by atoms with van der Waals surface area (Å²) in [5, 5.41) is 7.86. The molecule has 0 bridgehead atoms. The first-order chi connectivity index (χ1) is 11.1. The maximum absolute atomic E-state index is 11.9. The highest BCUT2D eigenvalue weighted by Crippen LogP contribution is 2.17. The van der Waals surface area contributed by atoms with Crippen molar-refractivity contribution in [1.29, 1.82) is 0 Å². The van der Waals surface area contributed by atoms with Gasteiger partial charge >= 0.3 is 6.03 Å². The summed E-state index contributed by atoms with van der Waals surface area (Å²) in [4.78, 5) is 23.1. The fourth-order valence-corrected chi connectivity index (χ4v) is 2.21. The third-order valence-corrected chi connectivity index (χ3v) is 3.68. The predicted molar refractivity (Wildman–Crippen MR) is 96.3 cm³/mol. The lowest BCUT2D eigenvalue weighted by Crippen LogP contribution is -2.24. The van der Waals surface area contributed by atoms with Crippen LogP contribution in [0.1, 0.15) is 5.56 Å². The van der Waals surface area contributed by atoms with E-state index in [-0.39, 0.29) is 11.9 Å². The van der Waals surface area contributed by atoms with Crippen LogP contribution in [-0.2, 0) is 4.79 Å². The number of hydrogen-bond acceptors (Lipinski definition) is 2. The van der Waals surface area contributed by atoms with Crippen molar-refractivity contribution in [3.05, 3.63) is 64.6 Å². The molecule has 23 heavy (non-hydrogen) atoms. The Morgan fingerprint density at radius 1 is 0.957 bits per heavy atom. The number of amides is 3. The number of carbonyl (C=O) groups excluding carboxylic acids is 2. The Morgan fingerprint density at radius 3 is 2.17 bits per heavy atom. The van der Waals surface area contributed by atoms with E-state index in [0.29, 0.717) is 11.4 Å². The van der Waals surface area contributed by atoms with E-state index >= 15 is 0 Å². The summed E-state index contributed by atoms with van der Waals surface area (Å²) >= 11 is 3.42. The van der Waals surface area contributed by atoms with Crippen molar-refractivity contribution in [3.8, 4) is 0 Å². The van der Waals surface area contributed by atoms with Crippen LogP contribution in [0.2, 0.25) is 0 Å². The fourth-order valence-electron chi connectivity index (χ4n) is 1.79. The molecule has 0 unspecified atom stereocenters. The molecule has 0 spiro atoms. The Bertz CT molecular complexity index is 727. The molecule has 0 saturated carbocycles. The minimum Gasteiger partial charge on any atom is -0.341 e. The third kappa shape index (κ3) is 5.27. The van der Waals surface area contributed by atoms with E-state index in [1.54, 1.807) is 37.4 Å². The summed E-state index contributed by atoms with van der Waals surface area (Å²) in [5.74, 6) is -0.229. The molecule has 0 saturated heterocycles. The molecule has 2 aromatic carbocycles. The van der Waals surface area contributed by atoms with Gasteiger partial charge in [-0.2, -0.15) is 0 Å². The van der Waals surface area contributed by atoms with Crippen LogP contribution in [0.3, 0.4) is 0 Å². The number of urea groups is 1. The standard InChI is InChI=1S/C17H16BrN3O2/c1-19-17(23)21-14-9-7-13(8-10-14)20-16(22)11-6-12-4-2-3-5-15(12)18/h2-11H,1H3,(H,20,22)(H2,19,21,23)/b11-6+. The molecule has 0 atom stereocenters. The third-order valence-electron chi connectivity index (χ3n) is 2.96. The zero-order valence-corrected chi connectivity index (χ0v) is 14.1. The zero-order valence-electron chi connectivity index (χ0n) is 12.5. The Labute approximate surface area is 142 Å². The van der Waals surface area contributed by atoms with Crippen molar-refractivity contribution in [2.75, 3.05) is 17.7 Å². The molecule has 0 aliphatic heterocycles. The molecule has 0 aliphatic rings. The van der Waals surface area contributed by atoms with Crippen LogP contribution in [0.25, 0.3) is 6.08 Å². The summed E-state index contributed by atoms with van der Waals surface area (Å²) in [6.45, 7) is 0. The summed E-state index contributed by atoms with van der Waals surface area (Å²) < 4.78 is 0.925. The summed E-state index contributed by atoms with van der Waals surface area (Å²) in [6, 6.07) is 14.2. The predicted octanol–water partition coefficient (Wildman–Crippen LogP) is 3.85. The van der Waals surface area contributed by atoms with Crippen LogP contribution < -0.4 is 16.0 Å². The highest BCUT2D eigenvalue weighted by molar-refractivity contribution is 9.10. The molecule has 3 amide bonds. The molecule has 5 nitrogen and oxygen atoms in total. The number of hydrogen-bond donors (Lipinski definition) is 3. The molecule has 0 radical (unpaired) electrons. The molecular formula is C17H16BrN3O2. The van der Waals surface area contributed by atoms with Crippen LogP contribution in [0.4, 0.5) is 16.2 Å². The molecule has 2 rings (SSSR count). The smallest absolute Gasteiger partial charge is 0.318 e. The van der Waals surface area contributed by atoms with Crippen molar-refractivity contribution in [2.45, 2.75) is 0 Å². The monoisotopic (exact) mass is 373 g/mol. The Hall–Kier alpha value is -2.60. The second-order valence-electron chi connectivity index (χ2n) is 4.63. The minimum atomic E-state index is -0.293. The van der Waals surface area contributed by atoms with Crippen LogP contribution in [0.15, 0.2) is 59.1 Å². The first-order valence-electron chi connectivity index (χ1n) is 6.91. The van der Waals surface area contributed by atoms with Crippen molar-refractivity contribution in [3.63, 3.8) is 0 Å². The van der Waals surface area contributed by atoms with Gasteiger partial charge in [-0.05, 0) is 42.0 Å². The van der Waals surface area contributed by atoms with Crippen molar-refractivity contribution in [2.24, 2.45) is 0 Å². The molecule has 118 valence electrons. The SMILES string of the molecule is CNC(=O)Nc1ccc(NC(=O)/C=C/c2ccccc2Br)cc1. The average Bonchev–Trinajstić information content (AvgIpc) is 2.56. The number of anilines is 2. The van der Waals surface area contributed by atoms with E-state index in [1.165, 1.54) is 6.08 Å². The second-order valence-corrected chi connectivity index (χ2v) is 5.48. The lowest BCUT2D eigenvalue weighted by molar-refractivity contribution is -0.111. The lowest BCUT2D eigenvalue weighted by atomic mass is 10.2. The molecule has 0 aliphatic carbocycles. The Balaban J connectivity index is 1.95. The largest absolute Gasteiger partial charge is 0.341 e. The van der Waals surface area contributed by atoms with Crippen LogP contribution >= 0.6 is 15.9 Å². The van der Waals surface area contributed by atoms with Gasteiger partial charge in [0.2, 0.25) is 5.91 Å². The van der Waals surface area contributed by atoms with Crippen molar-refractivity contribution < 1.29 is 9.59 Å². The maximum Gasteiger partial charge on any atom is 0.318 e. The maximum atomic E-state index is 11.9. The lowest BCUT2D eigenvalue weighted by Gasteiger charge is -2.06. The van der Waals surface area contributed by atoms with Crippen LogP contribution in [0.5, 0.6) is 0 Å². The second kappa shape index (κ2) is 8.14. The first kappa shape index (κ1) is 16.8. The van der Waals surface area contributed by atoms with E-state index < -0.39 is 0 Å². The van der Waals surface area contributed by atoms with E-state index in [2.05, 4.69) is 31.9 Å². The van der Waals surface area contributed by atoms with Crippen LogP contribution in [-0.4, -0.2) is 19.0 Å². The van der Waals surface area contributed by atoms with E-state index in [1.807, 2.05) is 24.3 Å². The van der Waals surface area contributed by atoms with Gasteiger partial charge in [-0.1, -0.05) is 34.1 Å². The van der Waals surface area contributed by atoms with Gasteiger partial charge in [0.05, 0.1) is 0 Å². The number of benzene rings is 2. The highest BCUT2D eigenvalue weighted by Gasteiger charge is 2.01. The molecule has 6 heteroatoms. The summed E-state index contributed by atoms with van der Waals surface area (Å²) in [6.07, 6.45) is 3.21. The molecule has 0 heterocycles. The molecular weight excluding hydrogens is 358 g/mol. The van der Waals surface area contributed by atoms with E-state index in [0.717, 1.165) is 10.0 Å². The summed E-state index contributed by atoms with van der Waals surface area (Å²) in [7, 11) is 1.54. The molecule has 0 fully saturated rings. The van der Waals surface area contributed by atoms with E-state index in [4.69, 9.17) is 0 Å². The van der Waals surface area contributed by atoms with Gasteiger partial charge < -0.3 is 16.0 Å². The number of nitrogens with one attached hydrogen (secondary N) is 3. The topological polar surface area (TPSA) is 70.2 Å². The summed E-state index contributed by atoms with van der Waals surface area (Å²) in [5.41, 5.74) is 2.22. The van der Waals surface area contributed by atoms with Crippen LogP contribution in [0, 0.1) is 0 Å². The minimum absolute atomic E-state index is 0.229. The van der Waals surface area contributed by atoms with Crippen molar-refractivity contribution in [1.82, 2.24) is 5.32 Å².